The van der Waals surface area contributed by atoms with Crippen molar-refractivity contribution in [3.8, 4) is 18.0 Å². The lowest BCUT2D eigenvalue weighted by Crippen LogP contribution is -2.55. The van der Waals surface area contributed by atoms with Gasteiger partial charge in [-0.05, 0) is 55.8 Å². The van der Waals surface area contributed by atoms with Crippen molar-refractivity contribution in [2.24, 2.45) is 0 Å². The summed E-state index contributed by atoms with van der Waals surface area (Å²) in [6, 6.07) is 21.6. The number of nitrogens with one attached hydrogen (secondary N) is 1. The Morgan fingerprint density at radius 2 is 1.85 bits per heavy atom. The summed E-state index contributed by atoms with van der Waals surface area (Å²) in [5.74, 6) is 1.31. The molecule has 1 unspecified atom stereocenters. The standard InChI is InChI=1S/C32H29FN4O3/c1-4-18-40-20-26-28-27(22-14-16-24(33)17-15-22)29(34-30(38)23-11-9-10-21(3)19-23)32(39)36(5-2)31(28)37(35-26)25-12-7-6-8-13-25/h1,6-17,19,27,29H,5,18,20H2,2-3H3,(H,34,38)/t27-,29?/m0/s1. The van der Waals surface area contributed by atoms with E-state index in [2.05, 4.69) is 11.2 Å². The van der Waals surface area contributed by atoms with Gasteiger partial charge < -0.3 is 10.1 Å². The molecule has 1 aliphatic rings. The molecule has 0 saturated heterocycles. The number of anilines is 1. The Bertz CT molecular complexity index is 1570. The second-order valence-electron chi connectivity index (χ2n) is 9.56. The maximum atomic E-state index is 14.2. The smallest absolute Gasteiger partial charge is 0.251 e. The number of aromatic nitrogens is 2. The molecule has 1 N–H and O–H groups in total. The van der Waals surface area contributed by atoms with E-state index in [1.807, 2.05) is 50.2 Å². The minimum absolute atomic E-state index is 0.0815. The summed E-state index contributed by atoms with van der Waals surface area (Å²) < 4.78 is 21.5. The number of nitrogens with zero attached hydrogens (tertiary/aromatic N) is 3. The molecule has 2 heterocycles. The number of ether oxygens (including phenoxy) is 1. The van der Waals surface area contributed by atoms with Crippen molar-refractivity contribution in [2.45, 2.75) is 32.4 Å². The quantitative estimate of drug-likeness (QED) is 0.260. The average molecular weight is 537 g/mol. The third-order valence-electron chi connectivity index (χ3n) is 6.94. The van der Waals surface area contributed by atoms with Crippen LogP contribution in [-0.4, -0.2) is 40.8 Å². The molecule has 7 nitrogen and oxygen atoms in total. The van der Waals surface area contributed by atoms with Gasteiger partial charge in [0, 0.05) is 23.6 Å². The Kier molecular flexibility index (Phi) is 7.76. The molecule has 1 aliphatic heterocycles. The van der Waals surface area contributed by atoms with Gasteiger partial charge in [-0.2, -0.15) is 5.10 Å². The van der Waals surface area contributed by atoms with Crippen molar-refractivity contribution in [1.29, 1.82) is 0 Å². The topological polar surface area (TPSA) is 76.5 Å². The molecule has 4 aromatic rings. The fourth-order valence-corrected chi connectivity index (χ4v) is 5.18. The first-order chi connectivity index (χ1) is 19.4. The van der Waals surface area contributed by atoms with E-state index in [1.165, 1.54) is 12.1 Å². The van der Waals surface area contributed by atoms with Crippen LogP contribution in [0.15, 0.2) is 78.9 Å². The first kappa shape index (κ1) is 26.9. The number of carbonyl (C=O) groups excluding carboxylic acids is 2. The van der Waals surface area contributed by atoms with Crippen LogP contribution in [0.3, 0.4) is 0 Å². The van der Waals surface area contributed by atoms with Crippen molar-refractivity contribution in [3.63, 3.8) is 0 Å². The molecule has 2 atom stereocenters. The number of rotatable bonds is 8. The van der Waals surface area contributed by atoms with Gasteiger partial charge in [0.25, 0.3) is 11.8 Å². The number of likely N-dealkylation sites (N-methyl/N-ethyl adjacent to an activating group) is 1. The highest BCUT2D eigenvalue weighted by molar-refractivity contribution is 6.05. The van der Waals surface area contributed by atoms with E-state index in [0.717, 1.165) is 11.3 Å². The Labute approximate surface area is 232 Å². The van der Waals surface area contributed by atoms with E-state index in [1.54, 1.807) is 39.9 Å². The normalized spacial score (nSPS) is 16.4. The van der Waals surface area contributed by atoms with Crippen LogP contribution >= 0.6 is 0 Å². The average Bonchev–Trinajstić information content (AvgIpc) is 3.33. The molecule has 0 radical (unpaired) electrons. The zero-order chi connectivity index (χ0) is 28.2. The molecule has 0 aliphatic carbocycles. The molecule has 0 fully saturated rings. The summed E-state index contributed by atoms with van der Waals surface area (Å²) in [6.07, 6.45) is 5.43. The van der Waals surface area contributed by atoms with E-state index in [9.17, 15) is 14.0 Å². The van der Waals surface area contributed by atoms with Crippen LogP contribution in [0.5, 0.6) is 0 Å². The van der Waals surface area contributed by atoms with Gasteiger partial charge in [0.15, 0.2) is 0 Å². The van der Waals surface area contributed by atoms with Gasteiger partial charge >= 0.3 is 0 Å². The van der Waals surface area contributed by atoms with E-state index in [-0.39, 0.29) is 25.0 Å². The lowest BCUT2D eigenvalue weighted by molar-refractivity contribution is -0.121. The molecular weight excluding hydrogens is 507 g/mol. The maximum absolute atomic E-state index is 14.2. The molecule has 0 saturated carbocycles. The minimum atomic E-state index is -0.981. The van der Waals surface area contributed by atoms with E-state index in [4.69, 9.17) is 16.3 Å². The Morgan fingerprint density at radius 3 is 2.52 bits per heavy atom. The molecule has 0 spiro atoms. The molecule has 5 rings (SSSR count). The molecule has 3 aromatic carbocycles. The monoisotopic (exact) mass is 536 g/mol. The Hall–Kier alpha value is -4.74. The molecule has 0 bridgehead atoms. The van der Waals surface area contributed by atoms with E-state index >= 15 is 0 Å². The fourth-order valence-electron chi connectivity index (χ4n) is 5.18. The predicted molar refractivity (Wildman–Crippen MR) is 151 cm³/mol. The van der Waals surface area contributed by atoms with Crippen LogP contribution in [-0.2, 0) is 16.1 Å². The summed E-state index contributed by atoms with van der Waals surface area (Å²) in [5.41, 5.74) is 4.07. The second-order valence-corrected chi connectivity index (χ2v) is 9.56. The van der Waals surface area contributed by atoms with E-state index in [0.29, 0.717) is 34.7 Å². The van der Waals surface area contributed by atoms with Gasteiger partial charge in [0.2, 0.25) is 0 Å². The highest BCUT2D eigenvalue weighted by Gasteiger charge is 2.46. The third kappa shape index (κ3) is 5.12. The zero-order valence-electron chi connectivity index (χ0n) is 22.3. The highest BCUT2D eigenvalue weighted by Crippen LogP contribution is 2.43. The van der Waals surface area contributed by atoms with Gasteiger partial charge in [-0.3, -0.25) is 14.5 Å². The maximum Gasteiger partial charge on any atom is 0.251 e. The molecule has 40 heavy (non-hydrogen) atoms. The number of halogens is 1. The number of terminal acetylenes is 1. The van der Waals surface area contributed by atoms with Gasteiger partial charge in [-0.15, -0.1) is 6.42 Å². The first-order valence-corrected chi connectivity index (χ1v) is 13.1. The van der Waals surface area contributed by atoms with Crippen LogP contribution in [0, 0.1) is 25.1 Å². The van der Waals surface area contributed by atoms with Crippen LogP contribution in [0.25, 0.3) is 5.69 Å². The number of amides is 2. The predicted octanol–water partition coefficient (Wildman–Crippen LogP) is 4.77. The number of benzene rings is 3. The van der Waals surface area contributed by atoms with Crippen LogP contribution < -0.4 is 10.2 Å². The van der Waals surface area contributed by atoms with Gasteiger partial charge in [0.1, 0.15) is 24.3 Å². The Balaban J connectivity index is 1.71. The highest BCUT2D eigenvalue weighted by atomic mass is 19.1. The van der Waals surface area contributed by atoms with Gasteiger partial charge in [-0.1, -0.05) is 53.9 Å². The van der Waals surface area contributed by atoms with Crippen LogP contribution in [0.2, 0.25) is 0 Å². The number of hydrogen-bond acceptors (Lipinski definition) is 4. The summed E-state index contributed by atoms with van der Waals surface area (Å²) >= 11 is 0. The van der Waals surface area contributed by atoms with Crippen molar-refractivity contribution in [1.82, 2.24) is 15.1 Å². The molecule has 1 aromatic heterocycles. The summed E-state index contributed by atoms with van der Waals surface area (Å²) in [4.78, 5) is 29.3. The summed E-state index contributed by atoms with van der Waals surface area (Å²) in [6.45, 7) is 4.28. The lowest BCUT2D eigenvalue weighted by atomic mass is 9.81. The van der Waals surface area contributed by atoms with Gasteiger partial charge in [0.05, 0.1) is 18.0 Å². The number of para-hydroxylation sites is 1. The summed E-state index contributed by atoms with van der Waals surface area (Å²) in [7, 11) is 0. The van der Waals surface area contributed by atoms with Crippen molar-refractivity contribution < 1.29 is 18.7 Å². The number of aryl methyl sites for hydroxylation is 1. The first-order valence-electron chi connectivity index (χ1n) is 13.1. The molecule has 202 valence electrons. The SMILES string of the molecule is C#CCOCc1nn(-c2ccccc2)c2c1[C@H](c1ccc(F)cc1)C(NC(=O)c1cccc(C)c1)C(=O)N2CC. The summed E-state index contributed by atoms with van der Waals surface area (Å²) in [5, 5.41) is 7.88. The fraction of sp³-hybridized carbons (Fsp3) is 0.219. The number of hydrogen-bond donors (Lipinski definition) is 1. The van der Waals surface area contributed by atoms with Crippen LogP contribution in [0.4, 0.5) is 10.2 Å². The van der Waals surface area contributed by atoms with Crippen molar-refractivity contribution in [2.75, 3.05) is 18.1 Å². The molecule has 8 heteroatoms. The lowest BCUT2D eigenvalue weighted by Gasteiger charge is -2.38. The number of carbonyl (C=O) groups is 2. The largest absolute Gasteiger partial charge is 0.362 e. The van der Waals surface area contributed by atoms with E-state index < -0.39 is 17.8 Å². The third-order valence-corrected chi connectivity index (χ3v) is 6.94. The molecule has 2 amide bonds. The Morgan fingerprint density at radius 1 is 1.10 bits per heavy atom. The van der Waals surface area contributed by atoms with Crippen molar-refractivity contribution >= 4 is 17.6 Å². The number of fused-ring (bicyclic) bond motifs is 1. The zero-order valence-corrected chi connectivity index (χ0v) is 22.3. The minimum Gasteiger partial charge on any atom is -0.362 e. The second kappa shape index (κ2) is 11.6. The van der Waals surface area contributed by atoms with Crippen LogP contribution in [0.1, 0.15) is 45.6 Å². The molecular formula is C32H29FN4O3. The van der Waals surface area contributed by atoms with Crippen molar-refractivity contribution in [3.05, 3.63) is 113 Å². The van der Waals surface area contributed by atoms with Gasteiger partial charge in [-0.25, -0.2) is 9.07 Å².